The van der Waals surface area contributed by atoms with Crippen LogP contribution in [-0.2, 0) is 9.84 Å². The third-order valence-electron chi connectivity index (χ3n) is 4.61. The number of sulfone groups is 1. The Hall–Kier alpha value is -1.63. The van der Waals surface area contributed by atoms with E-state index in [1.54, 1.807) is 12.1 Å². The summed E-state index contributed by atoms with van der Waals surface area (Å²) >= 11 is 5.78. The summed E-state index contributed by atoms with van der Waals surface area (Å²) in [7, 11) is -3.86. The fourth-order valence-corrected chi connectivity index (χ4v) is 5.05. The first kappa shape index (κ1) is 15.9. The van der Waals surface area contributed by atoms with E-state index in [1.165, 1.54) is 12.1 Å². The van der Waals surface area contributed by atoms with Crippen molar-refractivity contribution in [3.8, 4) is 5.75 Å². The van der Waals surface area contributed by atoms with Gasteiger partial charge in [0.15, 0.2) is 0 Å². The molecule has 2 atom stereocenters. The van der Waals surface area contributed by atoms with Gasteiger partial charge in [0.05, 0.1) is 9.79 Å². The molecule has 2 aliphatic rings. The highest BCUT2D eigenvalue weighted by molar-refractivity contribution is 7.91. The highest BCUT2D eigenvalue weighted by Gasteiger charge is 2.35. The van der Waals surface area contributed by atoms with Gasteiger partial charge in [-0.15, -0.1) is 0 Å². The van der Waals surface area contributed by atoms with Crippen LogP contribution in [0.1, 0.15) is 17.9 Å². The van der Waals surface area contributed by atoms with Crippen LogP contribution in [0.15, 0.2) is 46.2 Å². The minimum Gasteiger partial charge on any atom is -0.492 e. The van der Waals surface area contributed by atoms with Crippen molar-refractivity contribution >= 4 is 21.4 Å². The molecule has 4 rings (SSSR count). The fraction of sp³-hybridized carbons (Fsp3) is 0.294. The standard InChI is InChI=1S/C17H15ClFNO3S/c18-10-5-11(19)7-13(6-10)24(21,22)12-1-2-15-14-3-4-20-16(14)9-23-17(15)8-12/h1-2,5-8,14,16,20H,3-4,9H2. The Morgan fingerprint density at radius 2 is 2.00 bits per heavy atom. The molecule has 0 aromatic heterocycles. The van der Waals surface area contributed by atoms with Crippen LogP contribution in [-0.4, -0.2) is 27.6 Å². The molecule has 126 valence electrons. The van der Waals surface area contributed by atoms with Crippen molar-refractivity contribution in [1.29, 1.82) is 0 Å². The van der Waals surface area contributed by atoms with Crippen LogP contribution in [0.5, 0.6) is 5.75 Å². The van der Waals surface area contributed by atoms with E-state index in [0.717, 1.165) is 30.7 Å². The maximum atomic E-state index is 13.5. The van der Waals surface area contributed by atoms with E-state index < -0.39 is 15.7 Å². The smallest absolute Gasteiger partial charge is 0.206 e. The predicted molar refractivity (Wildman–Crippen MR) is 87.9 cm³/mol. The Morgan fingerprint density at radius 1 is 1.17 bits per heavy atom. The highest BCUT2D eigenvalue weighted by atomic mass is 35.5. The second-order valence-electron chi connectivity index (χ2n) is 6.08. The zero-order chi connectivity index (χ0) is 16.9. The molecule has 7 heteroatoms. The maximum Gasteiger partial charge on any atom is 0.206 e. The van der Waals surface area contributed by atoms with Crippen molar-refractivity contribution in [2.24, 2.45) is 0 Å². The third-order valence-corrected chi connectivity index (χ3v) is 6.56. The minimum atomic E-state index is -3.86. The van der Waals surface area contributed by atoms with Gasteiger partial charge in [-0.1, -0.05) is 17.7 Å². The van der Waals surface area contributed by atoms with Gasteiger partial charge in [0.2, 0.25) is 9.84 Å². The minimum absolute atomic E-state index is 0.0441. The molecule has 2 aliphatic heterocycles. The molecular weight excluding hydrogens is 353 g/mol. The molecule has 2 unspecified atom stereocenters. The van der Waals surface area contributed by atoms with Crippen LogP contribution < -0.4 is 10.1 Å². The third kappa shape index (κ3) is 2.59. The van der Waals surface area contributed by atoms with Crippen LogP contribution in [0, 0.1) is 5.82 Å². The van der Waals surface area contributed by atoms with E-state index in [2.05, 4.69) is 5.32 Å². The Labute approximate surface area is 144 Å². The van der Waals surface area contributed by atoms with Crippen molar-refractivity contribution in [3.05, 3.63) is 52.8 Å². The van der Waals surface area contributed by atoms with E-state index in [9.17, 15) is 12.8 Å². The topological polar surface area (TPSA) is 55.4 Å². The number of hydrogen-bond donors (Lipinski definition) is 1. The van der Waals surface area contributed by atoms with E-state index in [-0.39, 0.29) is 20.9 Å². The highest BCUT2D eigenvalue weighted by Crippen LogP contribution is 2.40. The molecule has 1 N–H and O–H groups in total. The van der Waals surface area contributed by atoms with E-state index in [4.69, 9.17) is 16.3 Å². The lowest BCUT2D eigenvalue weighted by atomic mass is 9.90. The van der Waals surface area contributed by atoms with Gasteiger partial charge in [0.1, 0.15) is 18.2 Å². The van der Waals surface area contributed by atoms with Gasteiger partial charge >= 0.3 is 0 Å². The molecule has 2 aromatic carbocycles. The summed E-state index contributed by atoms with van der Waals surface area (Å²) < 4.78 is 44.8. The lowest BCUT2D eigenvalue weighted by Crippen LogP contribution is -2.35. The Bertz CT molecular complexity index is 896. The zero-order valence-electron chi connectivity index (χ0n) is 12.6. The van der Waals surface area contributed by atoms with Crippen LogP contribution in [0.2, 0.25) is 5.02 Å². The number of rotatable bonds is 2. The largest absolute Gasteiger partial charge is 0.492 e. The first-order valence-corrected chi connectivity index (χ1v) is 9.52. The molecule has 2 heterocycles. The molecule has 1 saturated heterocycles. The van der Waals surface area contributed by atoms with Crippen LogP contribution >= 0.6 is 11.6 Å². The number of benzene rings is 2. The monoisotopic (exact) mass is 367 g/mol. The van der Waals surface area contributed by atoms with Crippen molar-refractivity contribution < 1.29 is 17.5 Å². The molecule has 0 saturated carbocycles. The van der Waals surface area contributed by atoms with Crippen molar-refractivity contribution in [2.75, 3.05) is 13.2 Å². The van der Waals surface area contributed by atoms with Crippen LogP contribution in [0.4, 0.5) is 4.39 Å². The molecule has 4 nitrogen and oxygen atoms in total. The molecule has 0 radical (unpaired) electrons. The molecule has 0 bridgehead atoms. The van der Waals surface area contributed by atoms with Crippen LogP contribution in [0.3, 0.4) is 0 Å². The Balaban J connectivity index is 1.77. The number of nitrogens with one attached hydrogen (secondary N) is 1. The second kappa shape index (κ2) is 5.72. The first-order chi connectivity index (χ1) is 11.4. The number of hydrogen-bond acceptors (Lipinski definition) is 4. The number of fused-ring (bicyclic) bond motifs is 3. The molecule has 0 aliphatic carbocycles. The average Bonchev–Trinajstić information content (AvgIpc) is 3.02. The number of ether oxygens (including phenoxy) is 1. The Morgan fingerprint density at radius 3 is 2.79 bits per heavy atom. The van der Waals surface area contributed by atoms with Gasteiger partial charge < -0.3 is 10.1 Å². The summed E-state index contributed by atoms with van der Waals surface area (Å²) in [6, 6.07) is 8.45. The maximum absolute atomic E-state index is 13.5. The van der Waals surface area contributed by atoms with Crippen molar-refractivity contribution in [2.45, 2.75) is 28.2 Å². The summed E-state index contributed by atoms with van der Waals surface area (Å²) in [5, 5.41) is 3.43. The molecule has 0 amide bonds. The lowest BCUT2D eigenvalue weighted by Gasteiger charge is -2.28. The molecule has 24 heavy (non-hydrogen) atoms. The van der Waals surface area contributed by atoms with Gasteiger partial charge in [0, 0.05) is 17.0 Å². The SMILES string of the molecule is O=S(=O)(c1cc(F)cc(Cl)c1)c1ccc2c(c1)OCC1NCCC21. The lowest BCUT2D eigenvalue weighted by molar-refractivity contribution is 0.238. The van der Waals surface area contributed by atoms with Crippen molar-refractivity contribution in [1.82, 2.24) is 5.32 Å². The molecule has 0 spiro atoms. The predicted octanol–water partition coefficient (Wildman–Crippen LogP) is 3.15. The molecule has 2 aromatic rings. The summed E-state index contributed by atoms with van der Waals surface area (Å²) in [6.45, 7) is 1.45. The van der Waals surface area contributed by atoms with Gasteiger partial charge in [0.25, 0.3) is 0 Å². The van der Waals surface area contributed by atoms with Crippen LogP contribution in [0.25, 0.3) is 0 Å². The van der Waals surface area contributed by atoms with Gasteiger partial charge in [-0.3, -0.25) is 0 Å². The normalized spacial score (nSPS) is 22.6. The average molecular weight is 368 g/mol. The Kier molecular flexibility index (Phi) is 3.78. The van der Waals surface area contributed by atoms with E-state index in [0.29, 0.717) is 18.3 Å². The first-order valence-electron chi connectivity index (χ1n) is 7.66. The van der Waals surface area contributed by atoms with Gasteiger partial charge in [-0.2, -0.15) is 0 Å². The van der Waals surface area contributed by atoms with E-state index in [1.807, 2.05) is 0 Å². The summed E-state index contributed by atoms with van der Waals surface area (Å²) in [5.74, 6) is 0.243. The summed E-state index contributed by atoms with van der Waals surface area (Å²) in [4.78, 5) is -0.0870. The fourth-order valence-electron chi connectivity index (χ4n) is 3.43. The number of halogens is 2. The summed E-state index contributed by atoms with van der Waals surface area (Å²) in [5.41, 5.74) is 1.02. The van der Waals surface area contributed by atoms with Gasteiger partial charge in [-0.25, -0.2) is 12.8 Å². The summed E-state index contributed by atoms with van der Waals surface area (Å²) in [6.07, 6.45) is 1.01. The second-order valence-corrected chi connectivity index (χ2v) is 8.46. The van der Waals surface area contributed by atoms with E-state index >= 15 is 0 Å². The quantitative estimate of drug-likeness (QED) is 0.886. The van der Waals surface area contributed by atoms with Crippen molar-refractivity contribution in [3.63, 3.8) is 0 Å². The zero-order valence-corrected chi connectivity index (χ0v) is 14.2. The van der Waals surface area contributed by atoms with Gasteiger partial charge in [-0.05, 0) is 48.9 Å². The molecule has 1 fully saturated rings. The molecular formula is C17H15ClFNO3S.